The first-order valence-electron chi connectivity index (χ1n) is 9.98. The molecule has 33 heavy (non-hydrogen) atoms. The normalized spacial score (nSPS) is 14.7. The number of ether oxygens (including phenoxy) is 2. The van der Waals surface area contributed by atoms with Crippen LogP contribution in [0.4, 0.5) is 5.69 Å². The van der Waals surface area contributed by atoms with Gasteiger partial charge in [0.2, 0.25) is 0 Å². The van der Waals surface area contributed by atoms with E-state index >= 15 is 0 Å². The number of halogens is 2. The number of thiocarbonyl (C=S) groups is 1. The van der Waals surface area contributed by atoms with Gasteiger partial charge in [-0.25, -0.2) is 0 Å². The Morgan fingerprint density at radius 1 is 1.15 bits per heavy atom. The molecule has 1 aliphatic rings. The second-order valence-electron chi connectivity index (χ2n) is 7.26. The van der Waals surface area contributed by atoms with Crippen molar-refractivity contribution in [1.29, 1.82) is 0 Å². The zero-order valence-electron chi connectivity index (χ0n) is 18.5. The lowest BCUT2D eigenvalue weighted by Gasteiger charge is -2.15. The second kappa shape index (κ2) is 11.0. The molecule has 0 unspecified atom stereocenters. The van der Waals surface area contributed by atoms with E-state index in [9.17, 15) is 9.59 Å². The Balaban J connectivity index is 1.78. The highest BCUT2D eigenvalue weighted by molar-refractivity contribution is 9.11. The van der Waals surface area contributed by atoms with Crippen molar-refractivity contribution in [2.24, 2.45) is 0 Å². The molecule has 2 amide bonds. The number of likely N-dealkylation sites (N-methyl/N-ethyl adjacent to an activating group) is 1. The van der Waals surface area contributed by atoms with Crippen LogP contribution in [0.3, 0.4) is 0 Å². The molecule has 2 aromatic carbocycles. The summed E-state index contributed by atoms with van der Waals surface area (Å²) in [5.74, 6) is 0.425. The Bertz CT molecular complexity index is 1170. The lowest BCUT2D eigenvalue weighted by atomic mass is 10.1. The summed E-state index contributed by atoms with van der Waals surface area (Å²) in [6.45, 7) is 6.06. The van der Waals surface area contributed by atoms with Crippen molar-refractivity contribution in [3.05, 3.63) is 54.8 Å². The summed E-state index contributed by atoms with van der Waals surface area (Å²) in [5.41, 5.74) is 3.63. The van der Waals surface area contributed by atoms with Crippen LogP contribution in [0.25, 0.3) is 6.08 Å². The molecule has 3 rings (SSSR count). The highest BCUT2D eigenvalue weighted by Gasteiger charge is 2.29. The van der Waals surface area contributed by atoms with E-state index in [-0.39, 0.29) is 18.4 Å². The molecular weight excluding hydrogens is 592 g/mol. The summed E-state index contributed by atoms with van der Waals surface area (Å²) in [4.78, 5) is 26.8. The molecule has 1 aliphatic heterocycles. The van der Waals surface area contributed by atoms with Crippen LogP contribution in [0.15, 0.2) is 38.1 Å². The van der Waals surface area contributed by atoms with E-state index in [0.717, 1.165) is 21.2 Å². The van der Waals surface area contributed by atoms with Gasteiger partial charge in [-0.05, 0) is 99.7 Å². The van der Waals surface area contributed by atoms with Crippen molar-refractivity contribution in [3.63, 3.8) is 0 Å². The van der Waals surface area contributed by atoms with Gasteiger partial charge in [-0.15, -0.1) is 0 Å². The highest BCUT2D eigenvalue weighted by atomic mass is 79.9. The number of thioether (sulfide) groups is 1. The van der Waals surface area contributed by atoms with Crippen LogP contribution < -0.4 is 14.8 Å². The molecular formula is C23H22Br2N2O4S2. The van der Waals surface area contributed by atoms with E-state index in [1.165, 1.54) is 16.7 Å². The molecule has 1 saturated heterocycles. The number of carbonyl (C=O) groups is 2. The van der Waals surface area contributed by atoms with E-state index in [2.05, 4.69) is 37.2 Å². The molecule has 174 valence electrons. The van der Waals surface area contributed by atoms with E-state index in [4.69, 9.17) is 21.7 Å². The number of aryl methyl sites for hydroxylation is 2. The van der Waals surface area contributed by atoms with Crippen LogP contribution >= 0.6 is 55.8 Å². The van der Waals surface area contributed by atoms with Gasteiger partial charge in [0, 0.05) is 11.5 Å². The summed E-state index contributed by atoms with van der Waals surface area (Å²) in [6.07, 6.45) is 1.75. The Morgan fingerprint density at radius 3 is 2.48 bits per heavy atom. The van der Waals surface area contributed by atoms with Crippen LogP contribution in [-0.4, -0.2) is 41.3 Å². The second-order valence-corrected chi connectivity index (χ2v) is 10.6. The van der Waals surface area contributed by atoms with Gasteiger partial charge in [-0.1, -0.05) is 24.0 Å². The average molecular weight is 614 g/mol. The first-order valence-corrected chi connectivity index (χ1v) is 12.8. The SMILES string of the molecule is CCOc1cc(C=C2SC(=S)N(C)C2=O)cc(Br)c1OCC(=O)Nc1cc(C)c(C)cc1Br. The minimum absolute atomic E-state index is 0.145. The van der Waals surface area contributed by atoms with Crippen LogP contribution in [0.5, 0.6) is 11.5 Å². The third kappa shape index (κ3) is 6.17. The number of carbonyl (C=O) groups excluding carboxylic acids is 2. The lowest BCUT2D eigenvalue weighted by molar-refractivity contribution is -0.121. The van der Waals surface area contributed by atoms with Crippen molar-refractivity contribution in [1.82, 2.24) is 4.90 Å². The van der Waals surface area contributed by atoms with Gasteiger partial charge in [-0.3, -0.25) is 14.5 Å². The molecule has 0 spiro atoms. The number of hydrogen-bond donors (Lipinski definition) is 1. The first kappa shape index (κ1) is 25.7. The van der Waals surface area contributed by atoms with Crippen molar-refractivity contribution in [2.75, 3.05) is 25.6 Å². The summed E-state index contributed by atoms with van der Waals surface area (Å²) in [7, 11) is 1.65. The van der Waals surface area contributed by atoms with Gasteiger partial charge in [0.1, 0.15) is 4.32 Å². The number of hydrogen-bond acceptors (Lipinski definition) is 6. The summed E-state index contributed by atoms with van der Waals surface area (Å²) < 4.78 is 13.5. The maximum Gasteiger partial charge on any atom is 0.265 e. The third-order valence-corrected chi connectivity index (χ3v) is 7.55. The molecule has 2 aromatic rings. The standard InChI is InChI=1S/C23H22Br2N2O4S2/c1-5-30-18-9-14(10-19-22(29)27(4)23(32)33-19)8-16(25)21(18)31-11-20(28)26-17-7-13(3)12(2)6-15(17)24/h6-10H,5,11H2,1-4H3,(H,26,28). The van der Waals surface area contributed by atoms with E-state index in [1.807, 2.05) is 32.9 Å². The zero-order valence-corrected chi connectivity index (χ0v) is 23.3. The number of nitrogens with zero attached hydrogens (tertiary/aromatic N) is 1. The topological polar surface area (TPSA) is 67.9 Å². The monoisotopic (exact) mass is 612 g/mol. The Hall–Kier alpha value is -1.88. The van der Waals surface area contributed by atoms with Crippen molar-refractivity contribution in [3.8, 4) is 11.5 Å². The quantitative estimate of drug-likeness (QED) is 0.302. The van der Waals surface area contributed by atoms with Crippen LogP contribution in [0.2, 0.25) is 0 Å². The molecule has 0 aromatic heterocycles. The zero-order chi connectivity index (χ0) is 24.3. The predicted molar refractivity (Wildman–Crippen MR) is 144 cm³/mol. The summed E-state index contributed by atoms with van der Waals surface area (Å²) in [6, 6.07) is 7.44. The number of anilines is 1. The molecule has 0 radical (unpaired) electrons. The maximum absolute atomic E-state index is 12.5. The van der Waals surface area contributed by atoms with Crippen molar-refractivity contribution < 1.29 is 19.1 Å². The minimum Gasteiger partial charge on any atom is -0.490 e. The van der Waals surface area contributed by atoms with E-state index < -0.39 is 0 Å². The van der Waals surface area contributed by atoms with Gasteiger partial charge in [0.05, 0.1) is 21.7 Å². The fourth-order valence-corrected chi connectivity index (χ4v) is 5.28. The molecule has 1 N–H and O–H groups in total. The molecule has 0 atom stereocenters. The number of nitrogens with one attached hydrogen (secondary N) is 1. The van der Waals surface area contributed by atoms with Gasteiger partial charge >= 0.3 is 0 Å². The summed E-state index contributed by atoms with van der Waals surface area (Å²) in [5, 5.41) is 2.86. The van der Waals surface area contributed by atoms with Crippen LogP contribution in [-0.2, 0) is 9.59 Å². The molecule has 1 heterocycles. The largest absolute Gasteiger partial charge is 0.490 e. The van der Waals surface area contributed by atoms with Crippen molar-refractivity contribution >= 4 is 83.7 Å². The minimum atomic E-state index is -0.302. The maximum atomic E-state index is 12.5. The Kier molecular flexibility index (Phi) is 8.60. The molecule has 0 saturated carbocycles. The van der Waals surface area contributed by atoms with Gasteiger partial charge in [0.15, 0.2) is 18.1 Å². The van der Waals surface area contributed by atoms with Gasteiger partial charge < -0.3 is 14.8 Å². The van der Waals surface area contributed by atoms with Crippen LogP contribution in [0, 0.1) is 13.8 Å². The molecule has 0 bridgehead atoms. The Morgan fingerprint density at radius 2 is 1.85 bits per heavy atom. The van der Waals surface area contributed by atoms with Gasteiger partial charge in [0.25, 0.3) is 11.8 Å². The smallest absolute Gasteiger partial charge is 0.265 e. The molecule has 0 aliphatic carbocycles. The highest BCUT2D eigenvalue weighted by Crippen LogP contribution is 2.39. The molecule has 6 nitrogen and oxygen atoms in total. The van der Waals surface area contributed by atoms with E-state index in [0.29, 0.717) is 37.5 Å². The molecule has 1 fully saturated rings. The van der Waals surface area contributed by atoms with Gasteiger partial charge in [-0.2, -0.15) is 0 Å². The Labute approximate surface area is 219 Å². The number of amides is 2. The fourth-order valence-electron chi connectivity index (χ4n) is 2.97. The van der Waals surface area contributed by atoms with E-state index in [1.54, 1.807) is 25.3 Å². The van der Waals surface area contributed by atoms with Crippen molar-refractivity contribution in [2.45, 2.75) is 20.8 Å². The fraction of sp³-hybridized carbons (Fsp3) is 0.261. The number of benzene rings is 2. The predicted octanol–water partition coefficient (Wildman–Crippen LogP) is 6.08. The average Bonchev–Trinajstić information content (AvgIpc) is 2.98. The summed E-state index contributed by atoms with van der Waals surface area (Å²) >= 11 is 13.4. The molecule has 10 heteroatoms. The lowest BCUT2D eigenvalue weighted by Crippen LogP contribution is -2.22. The van der Waals surface area contributed by atoms with Crippen LogP contribution in [0.1, 0.15) is 23.6 Å². The first-order chi connectivity index (χ1) is 15.6. The third-order valence-electron chi connectivity index (χ3n) is 4.82. The number of rotatable bonds is 7.